The molecule has 7 heteroatoms. The molecule has 160 valence electrons. The minimum absolute atomic E-state index is 0.182. The molecule has 2 atom stereocenters. The highest BCUT2D eigenvalue weighted by atomic mass is 16.2. The first-order chi connectivity index (χ1) is 14.5. The summed E-state index contributed by atoms with van der Waals surface area (Å²) in [5.41, 5.74) is 1.30. The van der Waals surface area contributed by atoms with E-state index in [2.05, 4.69) is 40.7 Å². The number of aryl methyl sites for hydroxylation is 1. The molecule has 0 saturated carbocycles. The molecule has 0 aromatic heterocycles. The largest absolute Gasteiger partial charge is 0.333 e. The number of hydrogen-bond donors (Lipinski definition) is 0. The third kappa shape index (κ3) is 4.03. The van der Waals surface area contributed by atoms with Crippen molar-refractivity contribution >= 4 is 23.6 Å². The van der Waals surface area contributed by atoms with E-state index in [1.807, 2.05) is 6.07 Å². The number of hydrogen-bond acceptors (Lipinski definition) is 4. The fourth-order valence-corrected chi connectivity index (χ4v) is 4.76. The first kappa shape index (κ1) is 20.7. The Hall–Kier alpha value is -2.54. The highest BCUT2D eigenvalue weighted by molar-refractivity contribution is 6.23. The number of rotatable bonds is 6. The number of carbonyl (C=O) groups is 2. The summed E-state index contributed by atoms with van der Waals surface area (Å²) in [5.74, 6) is 1.99. The number of amidine groups is 2. The van der Waals surface area contributed by atoms with Crippen molar-refractivity contribution < 1.29 is 14.2 Å². The molecule has 4 rings (SSSR count). The highest BCUT2D eigenvalue weighted by Crippen LogP contribution is 2.21. The molecule has 0 N–H and O–H groups in total. The van der Waals surface area contributed by atoms with Gasteiger partial charge < -0.3 is 0 Å². The molecule has 1 aromatic carbocycles. The zero-order chi connectivity index (χ0) is 21.3. The lowest BCUT2D eigenvalue weighted by Crippen LogP contribution is -2.61. The summed E-state index contributed by atoms with van der Waals surface area (Å²) in [7, 11) is 3.27. The summed E-state index contributed by atoms with van der Waals surface area (Å²) in [6.07, 6.45) is 4.34. The van der Waals surface area contributed by atoms with Gasteiger partial charge in [0.1, 0.15) is 6.54 Å². The molecule has 7 nitrogen and oxygen atoms in total. The Bertz CT molecular complexity index is 879. The summed E-state index contributed by atoms with van der Waals surface area (Å²) >= 11 is 0. The van der Waals surface area contributed by atoms with Crippen LogP contribution in [0.15, 0.2) is 35.3 Å². The minimum Gasteiger partial charge on any atom is -0.292 e. The minimum atomic E-state index is -0.495. The lowest BCUT2D eigenvalue weighted by Gasteiger charge is -2.31. The molecule has 3 aliphatic heterocycles. The molecule has 3 amide bonds. The molecule has 2 saturated heterocycles. The zero-order valence-electron chi connectivity index (χ0n) is 18.3. The van der Waals surface area contributed by atoms with Crippen LogP contribution in [0.2, 0.25) is 0 Å². The number of benzene rings is 1. The van der Waals surface area contributed by atoms with Crippen LogP contribution in [0.5, 0.6) is 0 Å². The van der Waals surface area contributed by atoms with Gasteiger partial charge in [0.25, 0.3) is 17.8 Å². The monoisotopic (exact) mass is 410 g/mol. The van der Waals surface area contributed by atoms with Gasteiger partial charge in [0.05, 0.1) is 6.54 Å². The van der Waals surface area contributed by atoms with E-state index in [0.29, 0.717) is 11.8 Å². The molecule has 0 radical (unpaired) electrons. The Labute approximate surface area is 178 Å². The van der Waals surface area contributed by atoms with Gasteiger partial charge in [0, 0.05) is 20.6 Å². The van der Waals surface area contributed by atoms with Crippen molar-refractivity contribution in [3.63, 3.8) is 0 Å². The lowest BCUT2D eigenvalue weighted by atomic mass is 10.0. The summed E-state index contributed by atoms with van der Waals surface area (Å²) in [5, 5.41) is 0. The van der Waals surface area contributed by atoms with Crippen molar-refractivity contribution in [2.45, 2.75) is 38.6 Å². The van der Waals surface area contributed by atoms with Crippen molar-refractivity contribution in [1.82, 2.24) is 14.7 Å². The molecule has 3 aliphatic rings. The maximum Gasteiger partial charge on any atom is 0.333 e. The van der Waals surface area contributed by atoms with Gasteiger partial charge in [0.15, 0.2) is 0 Å². The third-order valence-corrected chi connectivity index (χ3v) is 6.43. The van der Waals surface area contributed by atoms with Crippen LogP contribution in [-0.2, 0) is 11.2 Å². The Balaban J connectivity index is 1.57. The smallest absolute Gasteiger partial charge is 0.292 e. The van der Waals surface area contributed by atoms with E-state index < -0.39 is 6.04 Å². The summed E-state index contributed by atoms with van der Waals surface area (Å²) < 4.78 is 2.14. The van der Waals surface area contributed by atoms with Gasteiger partial charge in [-0.25, -0.2) is 9.37 Å². The molecule has 0 bridgehead atoms. The number of carbonyl (C=O) groups excluding carboxylic acids is 2. The number of nitrogens with zero attached hydrogens (tertiary/aromatic N) is 5. The molecular formula is C23H32N5O2+. The van der Waals surface area contributed by atoms with Crippen LogP contribution < -0.4 is 0 Å². The van der Waals surface area contributed by atoms with E-state index in [4.69, 9.17) is 4.99 Å². The Morgan fingerprint density at radius 2 is 1.90 bits per heavy atom. The van der Waals surface area contributed by atoms with E-state index in [1.54, 1.807) is 14.1 Å². The van der Waals surface area contributed by atoms with Gasteiger partial charge in [-0.2, -0.15) is 0 Å². The van der Waals surface area contributed by atoms with Gasteiger partial charge in [-0.1, -0.05) is 37.3 Å². The van der Waals surface area contributed by atoms with E-state index in [1.165, 1.54) is 28.2 Å². The van der Waals surface area contributed by atoms with Gasteiger partial charge in [0.2, 0.25) is 0 Å². The van der Waals surface area contributed by atoms with E-state index in [9.17, 15) is 9.59 Å². The fourth-order valence-electron chi connectivity index (χ4n) is 4.76. The van der Waals surface area contributed by atoms with E-state index in [-0.39, 0.29) is 11.9 Å². The van der Waals surface area contributed by atoms with Crippen LogP contribution in [0.3, 0.4) is 0 Å². The molecule has 2 fully saturated rings. The van der Waals surface area contributed by atoms with Crippen LogP contribution in [-0.4, -0.2) is 89.2 Å². The second kappa shape index (κ2) is 8.68. The maximum absolute atomic E-state index is 13.0. The zero-order valence-corrected chi connectivity index (χ0v) is 18.3. The average molecular weight is 411 g/mol. The van der Waals surface area contributed by atoms with Crippen LogP contribution in [0.1, 0.15) is 31.7 Å². The third-order valence-electron chi connectivity index (χ3n) is 6.43. The van der Waals surface area contributed by atoms with Gasteiger partial charge >= 0.3 is 11.9 Å². The van der Waals surface area contributed by atoms with Crippen LogP contribution >= 0.6 is 0 Å². The van der Waals surface area contributed by atoms with Crippen LogP contribution in [0.4, 0.5) is 4.79 Å². The van der Waals surface area contributed by atoms with Crippen molar-refractivity contribution in [2.24, 2.45) is 10.9 Å². The number of imide groups is 1. The van der Waals surface area contributed by atoms with Gasteiger partial charge in [-0.15, -0.1) is 0 Å². The first-order valence-corrected chi connectivity index (χ1v) is 11.0. The standard InChI is InChI=1S/C23H32N5O2/c1-17-9-7-13-27(15-17)16-19-24-21-20(22(29)26(3)23(30)25(21)2)28(19)14-8-12-18-10-5-4-6-11-18/h4-6,10-11,17,20H,7-9,12-16H2,1-3H3/q+1. The Morgan fingerprint density at radius 3 is 2.63 bits per heavy atom. The second-order valence-corrected chi connectivity index (χ2v) is 8.79. The maximum atomic E-state index is 13.0. The number of piperidine rings is 1. The summed E-state index contributed by atoms with van der Waals surface area (Å²) in [4.78, 5) is 35.5. The lowest BCUT2D eigenvalue weighted by molar-refractivity contribution is -0.536. The van der Waals surface area contributed by atoms with E-state index >= 15 is 0 Å². The van der Waals surface area contributed by atoms with Crippen molar-refractivity contribution in [3.05, 3.63) is 35.9 Å². The van der Waals surface area contributed by atoms with Crippen molar-refractivity contribution in [2.75, 3.05) is 40.3 Å². The van der Waals surface area contributed by atoms with Crippen LogP contribution in [0.25, 0.3) is 0 Å². The number of amides is 3. The number of likely N-dealkylation sites (N-methyl/N-ethyl adjacent to an activating group) is 2. The molecule has 1 aromatic rings. The van der Waals surface area contributed by atoms with Crippen molar-refractivity contribution in [3.8, 4) is 0 Å². The number of aliphatic imine (C=N–C) groups is 1. The molecule has 0 spiro atoms. The SMILES string of the molecule is CC1CCCN(CC2=[N+](CCCc3ccccc3)C3C(=O)N(C)C(=O)N(C)C3=N2)C1. The topological polar surface area (TPSA) is 59.2 Å². The molecule has 0 aliphatic carbocycles. The predicted octanol–water partition coefficient (Wildman–Crippen LogP) is 2.07. The summed E-state index contributed by atoms with van der Waals surface area (Å²) in [6, 6.07) is 9.61. The van der Waals surface area contributed by atoms with Gasteiger partial charge in [-0.3, -0.25) is 19.5 Å². The number of likely N-dealkylation sites (tertiary alicyclic amines) is 1. The van der Waals surface area contributed by atoms with Crippen LogP contribution in [0, 0.1) is 5.92 Å². The van der Waals surface area contributed by atoms with E-state index in [0.717, 1.165) is 44.9 Å². The number of fused-ring (bicyclic) bond motifs is 1. The fraction of sp³-hybridized carbons (Fsp3) is 0.565. The Morgan fingerprint density at radius 1 is 1.13 bits per heavy atom. The quantitative estimate of drug-likeness (QED) is 0.675. The highest BCUT2D eigenvalue weighted by Gasteiger charge is 2.52. The Kier molecular flexibility index (Phi) is 5.99. The number of urea groups is 1. The molecular weight excluding hydrogens is 378 g/mol. The second-order valence-electron chi connectivity index (χ2n) is 8.79. The van der Waals surface area contributed by atoms with Gasteiger partial charge in [-0.05, 0) is 48.7 Å². The molecule has 2 unspecified atom stereocenters. The normalized spacial score (nSPS) is 25.1. The average Bonchev–Trinajstić information content (AvgIpc) is 3.10. The van der Waals surface area contributed by atoms with Crippen molar-refractivity contribution in [1.29, 1.82) is 0 Å². The first-order valence-electron chi connectivity index (χ1n) is 11.0. The predicted molar refractivity (Wildman–Crippen MR) is 117 cm³/mol. The molecule has 3 heterocycles. The molecule has 30 heavy (non-hydrogen) atoms. The summed E-state index contributed by atoms with van der Waals surface area (Å²) in [6.45, 7) is 5.88.